The van der Waals surface area contributed by atoms with Crippen LogP contribution in [-0.2, 0) is 9.59 Å². The molecule has 0 spiro atoms. The number of nitrogens with two attached hydrogens (primary N) is 1. The van der Waals surface area contributed by atoms with Gasteiger partial charge in [0, 0.05) is 6.42 Å². The standard InChI is InChI=1S/C11H21N3O2/c12-10(15)8-14-11(16)3-1-2-9-4-6-13-7-5-9/h9,13H,1-8H2,(H2,12,15)(H,14,16). The Labute approximate surface area is 96.1 Å². The van der Waals surface area contributed by atoms with E-state index in [-0.39, 0.29) is 12.5 Å². The van der Waals surface area contributed by atoms with Crippen molar-refractivity contribution in [2.75, 3.05) is 19.6 Å². The number of hydrogen-bond acceptors (Lipinski definition) is 3. The lowest BCUT2D eigenvalue weighted by Crippen LogP contribution is -2.33. The Balaban J connectivity index is 2.01. The Morgan fingerprint density at radius 2 is 2.00 bits per heavy atom. The van der Waals surface area contributed by atoms with Crippen LogP contribution in [0.25, 0.3) is 0 Å². The highest BCUT2D eigenvalue weighted by molar-refractivity contribution is 5.83. The van der Waals surface area contributed by atoms with Crippen molar-refractivity contribution in [3.8, 4) is 0 Å². The molecule has 0 radical (unpaired) electrons. The van der Waals surface area contributed by atoms with Crippen molar-refractivity contribution in [1.82, 2.24) is 10.6 Å². The lowest BCUT2D eigenvalue weighted by molar-refractivity contribution is -0.124. The normalized spacial score (nSPS) is 17.0. The molecule has 1 aliphatic heterocycles. The third-order valence-electron chi connectivity index (χ3n) is 2.93. The van der Waals surface area contributed by atoms with Gasteiger partial charge in [-0.1, -0.05) is 0 Å². The Kier molecular flexibility index (Phi) is 5.85. The number of primary amides is 1. The summed E-state index contributed by atoms with van der Waals surface area (Å²) in [6.07, 6.45) is 4.92. The molecule has 1 aliphatic rings. The van der Waals surface area contributed by atoms with Gasteiger partial charge in [0.15, 0.2) is 0 Å². The van der Waals surface area contributed by atoms with E-state index in [0.717, 1.165) is 31.8 Å². The van der Waals surface area contributed by atoms with Crippen molar-refractivity contribution in [1.29, 1.82) is 0 Å². The third kappa shape index (κ3) is 5.70. The number of hydrogen-bond donors (Lipinski definition) is 3. The summed E-state index contributed by atoms with van der Waals surface area (Å²) in [6, 6.07) is 0. The van der Waals surface area contributed by atoms with Crippen molar-refractivity contribution in [2.24, 2.45) is 11.7 Å². The summed E-state index contributed by atoms with van der Waals surface area (Å²) in [5, 5.41) is 5.81. The van der Waals surface area contributed by atoms with E-state index in [1.807, 2.05) is 0 Å². The fraction of sp³-hybridized carbons (Fsp3) is 0.818. The average molecular weight is 227 g/mol. The van der Waals surface area contributed by atoms with Gasteiger partial charge in [-0.25, -0.2) is 0 Å². The zero-order valence-corrected chi connectivity index (χ0v) is 9.63. The Morgan fingerprint density at radius 1 is 1.31 bits per heavy atom. The van der Waals surface area contributed by atoms with Crippen LogP contribution in [0.5, 0.6) is 0 Å². The molecule has 92 valence electrons. The maximum Gasteiger partial charge on any atom is 0.236 e. The molecule has 0 unspecified atom stereocenters. The number of carbonyl (C=O) groups excluding carboxylic acids is 2. The predicted octanol–water partition coefficient (Wildman–Crippen LogP) is -0.242. The van der Waals surface area contributed by atoms with E-state index in [2.05, 4.69) is 10.6 Å². The Morgan fingerprint density at radius 3 is 2.62 bits per heavy atom. The van der Waals surface area contributed by atoms with Crippen LogP contribution < -0.4 is 16.4 Å². The van der Waals surface area contributed by atoms with E-state index in [1.165, 1.54) is 12.8 Å². The SMILES string of the molecule is NC(=O)CNC(=O)CCCC1CCNCC1. The minimum atomic E-state index is -0.494. The highest BCUT2D eigenvalue weighted by Gasteiger charge is 2.13. The maximum absolute atomic E-state index is 11.3. The van der Waals surface area contributed by atoms with Gasteiger partial charge in [-0.05, 0) is 44.7 Å². The second-order valence-corrected chi connectivity index (χ2v) is 4.33. The van der Waals surface area contributed by atoms with Crippen LogP contribution in [0.15, 0.2) is 0 Å². The van der Waals surface area contributed by atoms with Gasteiger partial charge in [0.2, 0.25) is 11.8 Å². The van der Waals surface area contributed by atoms with Crippen LogP contribution in [0.2, 0.25) is 0 Å². The Bertz CT molecular complexity index is 237. The molecule has 5 nitrogen and oxygen atoms in total. The third-order valence-corrected chi connectivity index (χ3v) is 2.93. The molecule has 16 heavy (non-hydrogen) atoms. The van der Waals surface area contributed by atoms with Gasteiger partial charge >= 0.3 is 0 Å². The first-order valence-corrected chi connectivity index (χ1v) is 5.94. The summed E-state index contributed by atoms with van der Waals surface area (Å²) in [7, 11) is 0. The summed E-state index contributed by atoms with van der Waals surface area (Å²) in [4.78, 5) is 21.7. The van der Waals surface area contributed by atoms with E-state index < -0.39 is 5.91 Å². The fourth-order valence-corrected chi connectivity index (χ4v) is 2.00. The van der Waals surface area contributed by atoms with Crippen molar-refractivity contribution < 1.29 is 9.59 Å². The first-order chi connectivity index (χ1) is 7.68. The molecule has 2 amide bonds. The number of nitrogens with one attached hydrogen (secondary N) is 2. The fourth-order valence-electron chi connectivity index (χ4n) is 2.00. The molecule has 0 bridgehead atoms. The molecule has 1 fully saturated rings. The zero-order valence-electron chi connectivity index (χ0n) is 9.63. The van der Waals surface area contributed by atoms with Crippen LogP contribution >= 0.6 is 0 Å². The van der Waals surface area contributed by atoms with E-state index in [9.17, 15) is 9.59 Å². The van der Waals surface area contributed by atoms with E-state index in [0.29, 0.717) is 6.42 Å². The van der Waals surface area contributed by atoms with Crippen LogP contribution in [0, 0.1) is 5.92 Å². The van der Waals surface area contributed by atoms with Crippen molar-refractivity contribution in [3.05, 3.63) is 0 Å². The van der Waals surface area contributed by atoms with Crippen LogP contribution in [0.3, 0.4) is 0 Å². The second kappa shape index (κ2) is 7.22. The van der Waals surface area contributed by atoms with Crippen LogP contribution in [0.1, 0.15) is 32.1 Å². The highest BCUT2D eigenvalue weighted by Crippen LogP contribution is 2.18. The monoisotopic (exact) mass is 227 g/mol. The molecular weight excluding hydrogens is 206 g/mol. The predicted molar refractivity (Wildman–Crippen MR) is 61.6 cm³/mol. The molecule has 0 aromatic heterocycles. The highest BCUT2D eigenvalue weighted by atomic mass is 16.2. The van der Waals surface area contributed by atoms with Crippen LogP contribution in [-0.4, -0.2) is 31.4 Å². The summed E-state index contributed by atoms with van der Waals surface area (Å²) >= 11 is 0. The quantitative estimate of drug-likeness (QED) is 0.585. The number of carbonyl (C=O) groups is 2. The molecule has 0 aromatic carbocycles. The van der Waals surface area contributed by atoms with Gasteiger partial charge in [0.1, 0.15) is 0 Å². The molecule has 1 saturated heterocycles. The van der Waals surface area contributed by atoms with Crippen molar-refractivity contribution >= 4 is 11.8 Å². The van der Waals surface area contributed by atoms with E-state index in [1.54, 1.807) is 0 Å². The van der Waals surface area contributed by atoms with Gasteiger partial charge in [-0.2, -0.15) is 0 Å². The van der Waals surface area contributed by atoms with Crippen molar-refractivity contribution in [3.63, 3.8) is 0 Å². The Hall–Kier alpha value is -1.10. The van der Waals surface area contributed by atoms with Crippen molar-refractivity contribution in [2.45, 2.75) is 32.1 Å². The first kappa shape index (κ1) is 13.0. The summed E-state index contributed by atoms with van der Waals surface area (Å²) < 4.78 is 0. The van der Waals surface area contributed by atoms with E-state index >= 15 is 0 Å². The molecule has 4 N–H and O–H groups in total. The zero-order chi connectivity index (χ0) is 11.8. The molecule has 0 aliphatic carbocycles. The molecule has 5 heteroatoms. The molecule has 1 heterocycles. The lowest BCUT2D eigenvalue weighted by Gasteiger charge is -2.22. The molecule has 1 rings (SSSR count). The van der Waals surface area contributed by atoms with Gasteiger partial charge in [0.25, 0.3) is 0 Å². The maximum atomic E-state index is 11.3. The average Bonchev–Trinajstić information content (AvgIpc) is 2.28. The molecular formula is C11H21N3O2. The molecule has 0 atom stereocenters. The first-order valence-electron chi connectivity index (χ1n) is 5.94. The second-order valence-electron chi connectivity index (χ2n) is 4.33. The molecule has 0 saturated carbocycles. The largest absolute Gasteiger partial charge is 0.368 e. The number of amides is 2. The topological polar surface area (TPSA) is 84.2 Å². The van der Waals surface area contributed by atoms with Gasteiger partial charge < -0.3 is 16.4 Å². The minimum absolute atomic E-state index is 0.0494. The van der Waals surface area contributed by atoms with Gasteiger partial charge in [-0.15, -0.1) is 0 Å². The minimum Gasteiger partial charge on any atom is -0.368 e. The van der Waals surface area contributed by atoms with E-state index in [4.69, 9.17) is 5.73 Å². The lowest BCUT2D eigenvalue weighted by atomic mass is 9.92. The van der Waals surface area contributed by atoms with Gasteiger partial charge in [0.05, 0.1) is 6.54 Å². The summed E-state index contributed by atoms with van der Waals surface area (Å²) in [5.74, 6) is 0.185. The summed E-state index contributed by atoms with van der Waals surface area (Å²) in [6.45, 7) is 2.14. The number of piperidine rings is 1. The summed E-state index contributed by atoms with van der Waals surface area (Å²) in [5.41, 5.74) is 4.93. The van der Waals surface area contributed by atoms with Crippen LogP contribution in [0.4, 0.5) is 0 Å². The smallest absolute Gasteiger partial charge is 0.236 e. The number of rotatable bonds is 6. The van der Waals surface area contributed by atoms with Gasteiger partial charge in [-0.3, -0.25) is 9.59 Å². The molecule has 0 aromatic rings.